The molecule has 6 aliphatic rings. The Balaban J connectivity index is 1.04. The maximum Gasteiger partial charge on any atom is 0.326 e. The van der Waals surface area contributed by atoms with Gasteiger partial charge in [-0.25, -0.2) is 9.59 Å². The van der Waals surface area contributed by atoms with E-state index in [9.17, 15) is 54.0 Å². The zero-order valence-electron chi connectivity index (χ0n) is 56.0. The highest BCUT2D eigenvalue weighted by Gasteiger charge is 2.54. The van der Waals surface area contributed by atoms with Crippen molar-refractivity contribution < 1.29 is 73.2 Å². The molecule has 0 radical (unpaired) electrons. The third kappa shape index (κ3) is 19.2. The van der Waals surface area contributed by atoms with Crippen LogP contribution >= 0.6 is 0 Å². The van der Waals surface area contributed by atoms with Crippen molar-refractivity contribution >= 4 is 83.0 Å². The highest BCUT2D eigenvalue weighted by molar-refractivity contribution is 6.00. The molecule has 0 unspecified atom stereocenters. The van der Waals surface area contributed by atoms with Gasteiger partial charge >= 0.3 is 11.9 Å². The normalized spacial score (nSPS) is 23.1. The lowest BCUT2D eigenvalue weighted by Gasteiger charge is -2.42. The van der Waals surface area contributed by atoms with Crippen LogP contribution in [-0.2, 0) is 78.7 Å². The summed E-state index contributed by atoms with van der Waals surface area (Å²) < 4.78 is 0. The van der Waals surface area contributed by atoms with E-state index in [0.29, 0.717) is 47.9 Å². The molecule has 4 heterocycles. The highest BCUT2D eigenvalue weighted by Crippen LogP contribution is 2.43. The Morgan fingerprint density at radius 1 is 0.470 bits per heavy atom. The zero-order valence-corrected chi connectivity index (χ0v) is 56.0. The molecule has 0 aromatic heterocycles. The van der Waals surface area contributed by atoms with Gasteiger partial charge in [0.15, 0.2) is 17.9 Å². The molecule has 0 spiro atoms. The lowest BCUT2D eigenvalue weighted by atomic mass is 9.84. The maximum atomic E-state index is 15.5. The first-order valence-corrected chi connectivity index (χ1v) is 34.3. The molecule has 546 valence electrons. The van der Waals surface area contributed by atoms with E-state index in [4.69, 9.17) is 40.1 Å². The summed E-state index contributed by atoms with van der Waals surface area (Å²) in [6.45, 7) is -2.30. The number of likely N-dealkylation sites (tertiary alicyclic amines) is 2. The van der Waals surface area contributed by atoms with Crippen LogP contribution in [0.4, 0.5) is 0 Å². The molecule has 14 atom stereocenters. The number of nitrogens with two attached hydrogens (primary N) is 7. The van der Waals surface area contributed by atoms with Crippen molar-refractivity contribution in [2.75, 3.05) is 32.8 Å². The lowest BCUT2D eigenvalue weighted by Crippen LogP contribution is -2.63. The van der Waals surface area contributed by atoms with Crippen molar-refractivity contribution in [1.29, 1.82) is 0 Å². The summed E-state index contributed by atoms with van der Waals surface area (Å²) in [7, 11) is 0. The number of benzene rings is 2. The molecule has 2 aromatic rings. The van der Waals surface area contributed by atoms with E-state index >= 15 is 19.2 Å². The number of amides is 9. The first kappa shape index (κ1) is 76.1. The molecule has 9 amide bonds. The molecule has 4 aliphatic heterocycles. The van der Waals surface area contributed by atoms with Crippen molar-refractivity contribution in [1.82, 2.24) is 46.2 Å². The van der Waals surface area contributed by atoms with Crippen molar-refractivity contribution in [3.05, 3.63) is 70.8 Å². The van der Waals surface area contributed by atoms with Gasteiger partial charge in [0, 0.05) is 57.6 Å². The second-order valence-electron chi connectivity index (χ2n) is 26.7. The quantitative estimate of drug-likeness (QED) is 0.0193. The molecular formula is C66H97N19O15. The Hall–Kier alpha value is -9.70. The Morgan fingerprint density at radius 3 is 1.25 bits per heavy atom. The van der Waals surface area contributed by atoms with Crippen LogP contribution in [0, 0.1) is 11.8 Å². The third-order valence-electron chi connectivity index (χ3n) is 20.0. The molecule has 0 bridgehead atoms. The number of guanidine groups is 3. The van der Waals surface area contributed by atoms with Crippen LogP contribution in [0.15, 0.2) is 63.5 Å². The van der Waals surface area contributed by atoms with Crippen molar-refractivity contribution in [2.45, 2.75) is 208 Å². The van der Waals surface area contributed by atoms with Crippen LogP contribution in [0.5, 0.6) is 0 Å². The number of aliphatic hydroxyl groups is 2. The number of aliphatic carboxylic acids is 2. The molecule has 34 nitrogen and oxygen atoms in total. The molecule has 100 heavy (non-hydrogen) atoms. The van der Waals surface area contributed by atoms with Crippen molar-refractivity contribution in [2.24, 2.45) is 66.9 Å². The Morgan fingerprint density at radius 2 is 0.850 bits per heavy atom. The number of hydrogen-bond donors (Lipinski definition) is 16. The molecule has 8 rings (SSSR count). The number of carbonyl (C=O) groups is 11. The fourth-order valence-corrected chi connectivity index (χ4v) is 15.0. The van der Waals surface area contributed by atoms with Gasteiger partial charge in [-0.3, -0.25) is 58.1 Å². The van der Waals surface area contributed by atoms with E-state index in [2.05, 4.69) is 41.6 Å². The number of rotatable bonds is 31. The van der Waals surface area contributed by atoms with Gasteiger partial charge in [-0.2, -0.15) is 0 Å². The lowest BCUT2D eigenvalue weighted by molar-refractivity contribution is -0.154. The molecular weight excluding hydrogens is 1300 g/mol. The molecule has 4 fully saturated rings. The average Bonchev–Trinajstić information content (AvgIpc) is 1.48. The smallest absolute Gasteiger partial charge is 0.326 e. The number of hydrogen-bond acceptors (Lipinski definition) is 17. The number of aliphatic hydroxyl groups excluding tert-OH is 2. The largest absolute Gasteiger partial charge is 0.480 e. The van der Waals surface area contributed by atoms with Crippen LogP contribution in [0.2, 0.25) is 0 Å². The summed E-state index contributed by atoms with van der Waals surface area (Å²) in [6, 6.07) is -1.53. The predicted octanol–water partition coefficient (Wildman–Crippen LogP) is -4.33. The number of nitrogens with one attached hydrogen (secondary N) is 5. The van der Waals surface area contributed by atoms with Gasteiger partial charge in [0.25, 0.3) is 0 Å². The third-order valence-corrected chi connectivity index (χ3v) is 20.0. The second kappa shape index (κ2) is 35.4. The minimum atomic E-state index is -1.93. The summed E-state index contributed by atoms with van der Waals surface area (Å²) in [6.07, 6.45) is 5.28. The van der Waals surface area contributed by atoms with Crippen molar-refractivity contribution in [3.63, 3.8) is 0 Å². The topological polar surface area (TPSA) is 561 Å². The summed E-state index contributed by atoms with van der Waals surface area (Å²) >= 11 is 0. The standard InChI is InChI=1S/C66H97N19O15/c67-41(18-9-23-74-64(68)69)54(89)80-44(55(90)81-46(34-87)59(94)83-32-40-17-4-2-13-36(40)27-52(83)61(96)85-48-22-8-6-15-38(48)29-50(85)57(92)79-43(63(99)100)20-11-25-76-66(72)73)30-53(88)77-45(33-86)58(93)82-31-39-16-3-1-12-35(39)26-51(82)60(95)84-47-21-7-5-14-37(47)28-49(84)56(91)78-42(62(97)98)19-10-24-75-65(70)71/h1-4,12-13,16-17,37-38,41-52,86-87H,5-11,14-15,18-34,67H2,(H,77,88)(H,78,91)(H,79,92)(H,80,89)(H,81,90)(H,97,98)(H,99,100)(H4,68,69,74)(H4,70,71,75)(H4,72,73,76)/t37-,38-,41+,42-,43-,44+,45-,46-,47-,48-,49-,50-,51+,52+/m0/s1. The molecule has 23 N–H and O–H groups in total. The van der Waals surface area contributed by atoms with E-state index in [1.54, 1.807) is 48.5 Å². The number of carbonyl (C=O) groups excluding carboxylic acids is 9. The molecule has 2 aromatic carbocycles. The summed E-state index contributed by atoms with van der Waals surface area (Å²) in [5.41, 5.74) is 41.7. The monoisotopic (exact) mass is 1400 g/mol. The van der Waals surface area contributed by atoms with E-state index < -0.39 is 157 Å². The average molecular weight is 1400 g/mol. The second-order valence-corrected chi connectivity index (χ2v) is 26.7. The van der Waals surface area contributed by atoms with Gasteiger partial charge in [-0.05, 0) is 111 Å². The van der Waals surface area contributed by atoms with Crippen LogP contribution in [0.3, 0.4) is 0 Å². The van der Waals surface area contributed by atoms with E-state index in [1.807, 2.05) is 0 Å². The van der Waals surface area contributed by atoms with E-state index in [0.717, 1.165) is 25.7 Å². The van der Waals surface area contributed by atoms with Gasteiger partial charge in [-0.1, -0.05) is 74.2 Å². The SMILES string of the molecule is NC(N)=NCCC[C@@H](N)C(=O)N[C@H](CC(=O)N[C@@H](CO)C(=O)N1Cc2ccccc2C[C@@H]1C(=O)N1[C@H](C(=O)N[C@@H](CCCN=C(N)N)C(=O)O)C[C@@H]2CCCC[C@@H]21)C(=O)N[C@@H](CO)C(=O)N1Cc2ccccc2C[C@@H]1C(=O)N1[C@H](C(=O)N[C@@H](CCCN=C(N)N)C(=O)O)C[C@@H]2CCCC[C@@H]21. The van der Waals surface area contributed by atoms with Crippen LogP contribution in [0.1, 0.15) is 131 Å². The molecule has 2 saturated carbocycles. The van der Waals surface area contributed by atoms with Crippen LogP contribution in [-0.4, -0.2) is 228 Å². The first-order chi connectivity index (χ1) is 47.8. The summed E-state index contributed by atoms with van der Waals surface area (Å²) in [5, 5.41) is 55.1. The number of carboxylic acids is 2. The molecule has 2 saturated heterocycles. The Labute approximate surface area is 578 Å². The summed E-state index contributed by atoms with van der Waals surface area (Å²) in [4.78, 5) is 175. The van der Waals surface area contributed by atoms with Gasteiger partial charge in [0.05, 0.1) is 25.7 Å². The van der Waals surface area contributed by atoms with Crippen LogP contribution in [0.25, 0.3) is 0 Å². The number of fused-ring (bicyclic) bond motifs is 4. The maximum absolute atomic E-state index is 15.5. The summed E-state index contributed by atoms with van der Waals surface area (Å²) in [5.74, 6) is -11.4. The number of nitrogens with zero attached hydrogens (tertiary/aromatic N) is 7. The Bertz CT molecular complexity index is 3420. The fraction of sp³-hybridized carbons (Fsp3) is 0.606. The predicted molar refractivity (Wildman–Crippen MR) is 362 cm³/mol. The number of aliphatic imine (C=N–C) groups is 3. The van der Waals surface area contributed by atoms with Gasteiger partial charge in [-0.15, -0.1) is 0 Å². The van der Waals surface area contributed by atoms with Gasteiger partial charge in [0.2, 0.25) is 53.2 Å². The minimum Gasteiger partial charge on any atom is -0.480 e. The van der Waals surface area contributed by atoms with Gasteiger partial charge in [0.1, 0.15) is 54.4 Å². The van der Waals surface area contributed by atoms with Gasteiger partial charge < -0.3 is 107 Å². The fourth-order valence-electron chi connectivity index (χ4n) is 15.0. The van der Waals surface area contributed by atoms with E-state index in [1.165, 1.54) is 19.6 Å². The number of carboxylic acid groups (broad SMARTS) is 2. The van der Waals surface area contributed by atoms with E-state index in [-0.39, 0.29) is 127 Å². The minimum absolute atomic E-state index is 0.0327. The Kier molecular flexibility index (Phi) is 26.9. The molecule has 34 heteroatoms. The molecule has 2 aliphatic carbocycles. The first-order valence-electron chi connectivity index (χ1n) is 34.3. The highest BCUT2D eigenvalue weighted by atomic mass is 16.4. The van der Waals surface area contributed by atoms with Crippen molar-refractivity contribution in [3.8, 4) is 0 Å². The van der Waals surface area contributed by atoms with Crippen LogP contribution < -0.4 is 66.7 Å². The zero-order chi connectivity index (χ0) is 72.5.